The molecule has 2 aromatic carbocycles. The molecule has 6 heteroatoms. The van der Waals surface area contributed by atoms with E-state index in [0.29, 0.717) is 15.9 Å². The number of anilines is 1. The average molecular weight is 415 g/mol. The van der Waals surface area contributed by atoms with Gasteiger partial charge in [-0.1, -0.05) is 22.0 Å². The molecule has 0 aliphatic carbocycles. The molecule has 0 bridgehead atoms. The number of rotatable bonds is 5. The Morgan fingerprint density at radius 1 is 1.14 bits per heavy atom. The first-order valence-electron chi connectivity index (χ1n) is 6.16. The first kappa shape index (κ1) is 16.0. The van der Waals surface area contributed by atoms with Gasteiger partial charge < -0.3 is 15.2 Å². The van der Waals surface area contributed by atoms with Gasteiger partial charge in [0.2, 0.25) is 0 Å². The molecule has 0 aromatic heterocycles. The van der Waals surface area contributed by atoms with Crippen LogP contribution in [0.25, 0.3) is 0 Å². The molecule has 0 saturated carbocycles. The van der Waals surface area contributed by atoms with Crippen molar-refractivity contribution in [3.63, 3.8) is 0 Å². The van der Waals surface area contributed by atoms with Crippen molar-refractivity contribution in [2.24, 2.45) is 0 Å². The Labute approximate surface area is 139 Å². The largest absolute Gasteiger partial charge is 0.483 e. The summed E-state index contributed by atoms with van der Waals surface area (Å²) in [4.78, 5) is 11.8. The lowest BCUT2D eigenvalue weighted by Gasteiger charge is -2.10. The van der Waals surface area contributed by atoms with E-state index < -0.39 is 0 Å². The van der Waals surface area contributed by atoms with Gasteiger partial charge in [0.1, 0.15) is 5.75 Å². The molecular formula is C15H13Br2NO3. The summed E-state index contributed by atoms with van der Waals surface area (Å²) in [6.07, 6.45) is 0. The number of carbonyl (C=O) groups is 1. The minimum Gasteiger partial charge on any atom is -0.483 e. The van der Waals surface area contributed by atoms with Crippen LogP contribution in [0.5, 0.6) is 5.75 Å². The van der Waals surface area contributed by atoms with Crippen LogP contribution in [0, 0.1) is 0 Å². The SMILES string of the molecule is O=C(COc1ccc(CO)cc1Br)Nc1ccc(Br)cc1. The molecule has 0 aliphatic rings. The number of aliphatic hydroxyl groups excluding tert-OH is 1. The molecule has 2 rings (SSSR count). The third-order valence-electron chi connectivity index (χ3n) is 2.67. The average Bonchev–Trinajstić information content (AvgIpc) is 2.48. The molecule has 2 N–H and O–H groups in total. The number of aliphatic hydroxyl groups is 1. The molecule has 0 atom stereocenters. The van der Waals surface area contributed by atoms with Gasteiger partial charge in [0, 0.05) is 10.2 Å². The highest BCUT2D eigenvalue weighted by Gasteiger charge is 2.07. The van der Waals surface area contributed by atoms with Gasteiger partial charge in [-0.15, -0.1) is 0 Å². The second-order valence-electron chi connectivity index (χ2n) is 4.27. The van der Waals surface area contributed by atoms with E-state index in [1.165, 1.54) is 0 Å². The van der Waals surface area contributed by atoms with Crippen molar-refractivity contribution in [1.82, 2.24) is 0 Å². The number of benzene rings is 2. The fourth-order valence-corrected chi connectivity index (χ4v) is 2.44. The quantitative estimate of drug-likeness (QED) is 0.783. The standard InChI is InChI=1S/C15H13Br2NO3/c16-11-2-4-12(5-3-11)18-15(20)9-21-14-6-1-10(8-19)7-13(14)17/h1-7,19H,8-9H2,(H,18,20). The van der Waals surface area contributed by atoms with Crippen molar-refractivity contribution in [1.29, 1.82) is 0 Å². The number of amides is 1. The zero-order valence-electron chi connectivity index (χ0n) is 11.0. The van der Waals surface area contributed by atoms with Gasteiger partial charge >= 0.3 is 0 Å². The van der Waals surface area contributed by atoms with Gasteiger partial charge in [0.05, 0.1) is 11.1 Å². The van der Waals surface area contributed by atoms with E-state index in [1.807, 2.05) is 12.1 Å². The number of hydrogen-bond acceptors (Lipinski definition) is 3. The number of hydrogen-bond donors (Lipinski definition) is 2. The van der Waals surface area contributed by atoms with E-state index >= 15 is 0 Å². The zero-order chi connectivity index (χ0) is 15.2. The van der Waals surface area contributed by atoms with Crippen LogP contribution in [0.1, 0.15) is 5.56 Å². The number of ether oxygens (including phenoxy) is 1. The predicted molar refractivity (Wildman–Crippen MR) is 88.3 cm³/mol. The van der Waals surface area contributed by atoms with E-state index in [0.717, 1.165) is 10.0 Å². The van der Waals surface area contributed by atoms with E-state index in [4.69, 9.17) is 9.84 Å². The minimum atomic E-state index is -0.240. The van der Waals surface area contributed by atoms with Gasteiger partial charge in [-0.2, -0.15) is 0 Å². The Hall–Kier alpha value is -1.37. The third-order valence-corrected chi connectivity index (χ3v) is 3.81. The van der Waals surface area contributed by atoms with Crippen molar-refractivity contribution in [2.45, 2.75) is 6.61 Å². The van der Waals surface area contributed by atoms with Crippen LogP contribution >= 0.6 is 31.9 Å². The second-order valence-corrected chi connectivity index (χ2v) is 6.04. The third kappa shape index (κ3) is 4.84. The lowest BCUT2D eigenvalue weighted by atomic mass is 10.2. The Balaban J connectivity index is 1.90. The molecule has 110 valence electrons. The van der Waals surface area contributed by atoms with Crippen LogP contribution in [0.2, 0.25) is 0 Å². The lowest BCUT2D eigenvalue weighted by molar-refractivity contribution is -0.118. The Morgan fingerprint density at radius 3 is 2.48 bits per heavy atom. The molecule has 21 heavy (non-hydrogen) atoms. The van der Waals surface area contributed by atoms with Crippen molar-refractivity contribution in [3.8, 4) is 5.75 Å². The van der Waals surface area contributed by atoms with Crippen LogP contribution in [-0.2, 0) is 11.4 Å². The van der Waals surface area contributed by atoms with Gasteiger partial charge in [0.15, 0.2) is 6.61 Å². The molecule has 0 spiro atoms. The monoisotopic (exact) mass is 413 g/mol. The summed E-state index contributed by atoms with van der Waals surface area (Å²) in [5.74, 6) is 0.314. The van der Waals surface area contributed by atoms with E-state index in [9.17, 15) is 4.79 Å². The molecule has 2 aromatic rings. The smallest absolute Gasteiger partial charge is 0.262 e. The number of halogens is 2. The highest BCUT2D eigenvalue weighted by Crippen LogP contribution is 2.26. The van der Waals surface area contributed by atoms with Crippen molar-refractivity contribution >= 4 is 43.5 Å². The molecule has 0 unspecified atom stereocenters. The van der Waals surface area contributed by atoms with Crippen LogP contribution in [0.4, 0.5) is 5.69 Å². The van der Waals surface area contributed by atoms with Gasteiger partial charge in [-0.3, -0.25) is 4.79 Å². The summed E-state index contributed by atoms with van der Waals surface area (Å²) >= 11 is 6.67. The first-order valence-corrected chi connectivity index (χ1v) is 7.74. The van der Waals surface area contributed by atoms with Gasteiger partial charge in [0.25, 0.3) is 5.91 Å². The summed E-state index contributed by atoms with van der Waals surface area (Å²) in [6.45, 7) is -0.129. The second kappa shape index (κ2) is 7.59. The van der Waals surface area contributed by atoms with Crippen molar-refractivity contribution in [3.05, 3.63) is 57.0 Å². The highest BCUT2D eigenvalue weighted by atomic mass is 79.9. The fourth-order valence-electron chi connectivity index (χ4n) is 1.63. The molecular weight excluding hydrogens is 402 g/mol. The van der Waals surface area contributed by atoms with Gasteiger partial charge in [-0.05, 0) is 57.9 Å². The summed E-state index contributed by atoms with van der Waals surface area (Å²) in [5, 5.41) is 11.8. The maximum atomic E-state index is 11.8. The molecule has 1 amide bonds. The number of carbonyl (C=O) groups excluding carboxylic acids is 1. The highest BCUT2D eigenvalue weighted by molar-refractivity contribution is 9.10. The maximum Gasteiger partial charge on any atom is 0.262 e. The minimum absolute atomic E-state index is 0.0388. The lowest BCUT2D eigenvalue weighted by Crippen LogP contribution is -2.20. The predicted octanol–water partition coefficient (Wildman–Crippen LogP) is 3.72. The molecule has 4 nitrogen and oxygen atoms in total. The Kier molecular flexibility index (Phi) is 5.78. The molecule has 0 aliphatic heterocycles. The number of nitrogens with one attached hydrogen (secondary N) is 1. The van der Waals surface area contributed by atoms with Crippen LogP contribution < -0.4 is 10.1 Å². The van der Waals surface area contributed by atoms with Crippen LogP contribution in [0.15, 0.2) is 51.4 Å². The van der Waals surface area contributed by atoms with Gasteiger partial charge in [-0.25, -0.2) is 0 Å². The fraction of sp³-hybridized carbons (Fsp3) is 0.133. The van der Waals surface area contributed by atoms with E-state index in [1.54, 1.807) is 30.3 Å². The van der Waals surface area contributed by atoms with Crippen molar-refractivity contribution < 1.29 is 14.6 Å². The molecule has 0 heterocycles. The summed E-state index contributed by atoms with van der Waals surface area (Å²) < 4.78 is 7.09. The van der Waals surface area contributed by atoms with E-state index in [2.05, 4.69) is 37.2 Å². The van der Waals surface area contributed by atoms with Crippen LogP contribution in [0.3, 0.4) is 0 Å². The molecule has 0 radical (unpaired) electrons. The normalized spacial score (nSPS) is 10.2. The topological polar surface area (TPSA) is 58.6 Å². The van der Waals surface area contributed by atoms with E-state index in [-0.39, 0.29) is 19.1 Å². The van der Waals surface area contributed by atoms with Crippen LogP contribution in [-0.4, -0.2) is 17.6 Å². The Bertz CT molecular complexity index is 629. The maximum absolute atomic E-state index is 11.8. The molecule has 0 fully saturated rings. The summed E-state index contributed by atoms with van der Waals surface area (Å²) in [5.41, 5.74) is 1.48. The zero-order valence-corrected chi connectivity index (χ0v) is 14.1. The summed E-state index contributed by atoms with van der Waals surface area (Å²) in [6, 6.07) is 12.5. The Morgan fingerprint density at radius 2 is 1.86 bits per heavy atom. The summed E-state index contributed by atoms with van der Waals surface area (Å²) in [7, 11) is 0. The van der Waals surface area contributed by atoms with Crippen molar-refractivity contribution in [2.75, 3.05) is 11.9 Å². The molecule has 0 saturated heterocycles. The first-order chi connectivity index (χ1) is 10.1.